The maximum Gasteiger partial charge on any atom is 0.212 e. The van der Waals surface area contributed by atoms with E-state index in [-0.39, 0.29) is 22.3 Å². The molecule has 96 heavy (non-hydrogen) atoms. The van der Waals surface area contributed by atoms with Gasteiger partial charge in [0.1, 0.15) is 42.3 Å². The lowest BCUT2D eigenvalue weighted by molar-refractivity contribution is -0.660. The topological polar surface area (TPSA) is 23.3 Å². The van der Waals surface area contributed by atoms with Crippen LogP contribution in [0, 0.1) is 124 Å². The third kappa shape index (κ3) is 18.2. The van der Waals surface area contributed by atoms with Crippen molar-refractivity contribution in [3.05, 3.63) is 319 Å². The van der Waals surface area contributed by atoms with Gasteiger partial charge in [-0.1, -0.05) is 77.9 Å². The predicted octanol–water partition coefficient (Wildman–Crippen LogP) is 18.6. The van der Waals surface area contributed by atoms with Crippen LogP contribution >= 0.6 is 0 Å². The largest absolute Gasteiger partial charge is 0.212 e. The van der Waals surface area contributed by atoms with Crippen molar-refractivity contribution >= 4 is 0 Å². The van der Waals surface area contributed by atoms with Gasteiger partial charge in [0, 0.05) is 98.9 Å². The minimum atomic E-state index is -2.47. The molecule has 0 aliphatic rings. The highest BCUT2D eigenvalue weighted by atomic mass is 14.9. The molecule has 0 aliphatic carbocycles. The first-order valence-corrected chi connectivity index (χ1v) is 32.5. The third-order valence-corrected chi connectivity index (χ3v) is 17.9. The van der Waals surface area contributed by atoms with Crippen LogP contribution in [-0.2, 0) is 42.3 Å². The summed E-state index contributed by atoms with van der Waals surface area (Å²) >= 11 is 0. The SMILES string of the molecule is Cc1cc(C)c(-c2cccc[n+]2C)c(C)c1.Cc1ccc(C)c(-c2cccc[n+]2C)c1C.Cc1ccc(C)c(-c2cccc[n+]2C)c1C.[2H]C([2H])([2H])c1cc(C)c(-c2cccc[n+]2C)c(C([2H])([2H])[2H])c1.[2H]C([2H])([2H])c1cc(C)c(-c2cccc[n+]2C)cc1C([2H])([2H])[2H].[2H]C([2H])([2H])c1ccc(C)c(C)c1-c1cccc[n+]1C. The Morgan fingerprint density at radius 2 is 0.479 bits per heavy atom. The zero-order chi connectivity index (χ0) is 82.7. The molecular formula is C90H108N6+6. The standard InChI is InChI=1S/6C15H18N/c3*1-11-8-9-12(2)15(13(11)3)14-7-5-6-10-16(14)4;1-11-9-13(3)14(10-12(11)2)15-7-5-6-8-16(15)4;2*1-11-9-12(2)15(13(3)10-11)14-7-5-6-8-16(14)4/h6*5-10H,1-4H3/q6*+1/i2D3;;;2*1D3,2D3;. The number of hydrogen-bond acceptors (Lipinski definition) is 0. The average molecular weight is 1290 g/mol. The quantitative estimate of drug-likeness (QED) is 0.148. The molecule has 0 saturated heterocycles. The highest BCUT2D eigenvalue weighted by Gasteiger charge is 2.20. The Labute approximate surface area is 598 Å². The Balaban J connectivity index is 0.000000186. The van der Waals surface area contributed by atoms with Crippen LogP contribution in [0.15, 0.2) is 219 Å². The van der Waals surface area contributed by atoms with Gasteiger partial charge >= 0.3 is 0 Å². The van der Waals surface area contributed by atoms with Gasteiger partial charge in [0.15, 0.2) is 37.2 Å². The van der Waals surface area contributed by atoms with Crippen LogP contribution in [-0.4, -0.2) is 0 Å². The van der Waals surface area contributed by atoms with Gasteiger partial charge in [0.25, 0.3) is 0 Å². The molecular weight excluding hydrogens is 1170 g/mol. The second kappa shape index (κ2) is 33.6. The van der Waals surface area contributed by atoms with Gasteiger partial charge in [-0.25, -0.2) is 27.4 Å². The van der Waals surface area contributed by atoms with Gasteiger partial charge in [-0.05, 0) is 256 Å². The molecule has 12 aromatic rings. The van der Waals surface area contributed by atoms with Crippen LogP contribution < -0.4 is 27.4 Å². The molecule has 0 atom stereocenters. The normalized spacial score (nSPS) is 13.5. The Morgan fingerprint density at radius 1 is 0.208 bits per heavy atom. The fourth-order valence-electron chi connectivity index (χ4n) is 12.3. The monoisotopic (exact) mass is 1290 g/mol. The molecule has 0 spiro atoms. The zero-order valence-corrected chi connectivity index (χ0v) is 60.0. The molecule has 0 aliphatic heterocycles. The van der Waals surface area contributed by atoms with Gasteiger partial charge in [-0.2, -0.15) is 0 Å². The van der Waals surface area contributed by atoms with Crippen molar-refractivity contribution < 1.29 is 48.0 Å². The molecule has 12 rings (SSSR count). The minimum Gasteiger partial charge on any atom is -0.201 e. The first-order valence-electron chi connectivity index (χ1n) is 40.0. The summed E-state index contributed by atoms with van der Waals surface area (Å²) in [6.45, 7) is 15.4. The number of hydrogen-bond donors (Lipinski definition) is 0. The second-order valence-corrected chi connectivity index (χ2v) is 25.2. The molecule has 0 amide bonds. The third-order valence-electron chi connectivity index (χ3n) is 17.9. The van der Waals surface area contributed by atoms with Gasteiger partial charge < -0.3 is 0 Å². The van der Waals surface area contributed by atoms with E-state index in [1.54, 1.807) is 26.0 Å². The molecule has 6 aromatic heterocycles. The summed E-state index contributed by atoms with van der Waals surface area (Å²) < 4.78 is 127. The molecule has 6 aromatic carbocycles. The van der Waals surface area contributed by atoms with Crippen molar-refractivity contribution in [2.75, 3.05) is 0 Å². The average Bonchev–Trinajstić information content (AvgIpc) is 0.775. The van der Waals surface area contributed by atoms with E-state index in [0.717, 1.165) is 44.9 Å². The summed E-state index contributed by atoms with van der Waals surface area (Å²) in [6.07, 6.45) is 11.9. The van der Waals surface area contributed by atoms with Crippen molar-refractivity contribution in [1.82, 2.24) is 0 Å². The Hall–Kier alpha value is -9.78. The summed E-state index contributed by atoms with van der Waals surface area (Å²) in [4.78, 5) is 0. The van der Waals surface area contributed by atoms with Gasteiger partial charge in [-0.15, -0.1) is 0 Å². The van der Waals surface area contributed by atoms with Crippen molar-refractivity contribution in [2.45, 2.75) is 124 Å². The van der Waals surface area contributed by atoms with Crippen LogP contribution in [0.3, 0.4) is 0 Å². The van der Waals surface area contributed by atoms with E-state index < -0.39 is 34.3 Å². The van der Waals surface area contributed by atoms with Crippen LogP contribution in [0.4, 0.5) is 0 Å². The molecule has 6 nitrogen and oxygen atoms in total. The van der Waals surface area contributed by atoms with E-state index in [1.807, 2.05) is 128 Å². The zero-order valence-electron chi connectivity index (χ0n) is 75.0. The molecule has 0 unspecified atom stereocenters. The van der Waals surface area contributed by atoms with Crippen molar-refractivity contribution in [3.8, 4) is 67.5 Å². The smallest absolute Gasteiger partial charge is 0.201 e. The summed E-state index contributed by atoms with van der Waals surface area (Å²) in [7, 11) is 11.9. The lowest BCUT2D eigenvalue weighted by atomic mass is 9.95. The first-order chi connectivity index (χ1) is 51.7. The number of nitrogens with zero attached hydrogens (tertiary/aromatic N) is 6. The molecule has 6 heterocycles. The van der Waals surface area contributed by atoms with Crippen molar-refractivity contribution in [1.29, 1.82) is 0 Å². The predicted molar refractivity (Wildman–Crippen MR) is 404 cm³/mol. The van der Waals surface area contributed by atoms with Crippen molar-refractivity contribution in [3.63, 3.8) is 0 Å². The van der Waals surface area contributed by atoms with Gasteiger partial charge in [0.2, 0.25) is 34.2 Å². The fourth-order valence-corrected chi connectivity index (χ4v) is 12.3. The summed E-state index contributed by atoms with van der Waals surface area (Å²) in [6, 6.07) is 58.6. The van der Waals surface area contributed by atoms with Crippen LogP contribution in [0.5, 0.6) is 0 Å². The van der Waals surface area contributed by atoms with Crippen LogP contribution in [0.1, 0.15) is 121 Å². The lowest BCUT2D eigenvalue weighted by Crippen LogP contribution is -2.30. The Bertz CT molecular complexity index is 5170. The molecule has 0 radical (unpaired) electrons. The Morgan fingerprint density at radius 3 is 0.812 bits per heavy atom. The van der Waals surface area contributed by atoms with Gasteiger partial charge in [-0.3, -0.25) is 0 Å². The minimum absolute atomic E-state index is 0.0541. The van der Waals surface area contributed by atoms with E-state index in [1.165, 1.54) is 102 Å². The van der Waals surface area contributed by atoms with E-state index in [0.29, 0.717) is 16.7 Å². The molecule has 492 valence electrons. The maximum atomic E-state index is 7.77. The number of benzene rings is 6. The first kappa shape index (κ1) is 54.5. The second-order valence-electron chi connectivity index (χ2n) is 25.2. The lowest BCUT2D eigenvalue weighted by Gasteiger charge is -2.10. The van der Waals surface area contributed by atoms with Crippen LogP contribution in [0.25, 0.3) is 67.5 Å². The Kier molecular flexibility index (Phi) is 19.0. The number of rotatable bonds is 6. The van der Waals surface area contributed by atoms with E-state index >= 15 is 0 Å². The highest BCUT2D eigenvalue weighted by Crippen LogP contribution is 2.31. The molecule has 0 bridgehead atoms. The van der Waals surface area contributed by atoms with E-state index in [2.05, 4.69) is 207 Å². The molecule has 0 N–H and O–H groups in total. The number of aryl methyl sites for hydroxylation is 21. The molecule has 0 saturated carbocycles. The summed E-state index contributed by atoms with van der Waals surface area (Å²) in [5.41, 5.74) is 28.5. The van der Waals surface area contributed by atoms with E-state index in [4.69, 9.17) is 20.6 Å². The van der Waals surface area contributed by atoms with E-state index in [9.17, 15) is 0 Å². The van der Waals surface area contributed by atoms with Gasteiger partial charge in [0.05, 0.1) is 27.8 Å². The maximum absolute atomic E-state index is 7.77. The molecule has 0 fully saturated rings. The van der Waals surface area contributed by atoms with Crippen molar-refractivity contribution in [2.24, 2.45) is 42.3 Å². The number of pyridine rings is 6. The van der Waals surface area contributed by atoms with Crippen LogP contribution in [0.2, 0.25) is 0 Å². The fraction of sp³-hybridized carbons (Fsp3) is 0.267. The molecule has 6 heteroatoms. The summed E-state index contributed by atoms with van der Waals surface area (Å²) in [5, 5.41) is 0. The summed E-state index contributed by atoms with van der Waals surface area (Å²) in [5.74, 6) is 0. The number of aromatic nitrogens is 6. The highest BCUT2D eigenvalue weighted by molar-refractivity contribution is 5.70.